The van der Waals surface area contributed by atoms with Crippen LogP contribution < -0.4 is 10.6 Å². The Balaban J connectivity index is 2.07. The average Bonchev–Trinajstić information content (AvgIpc) is 2.64. The molecule has 0 atom stereocenters. The molecule has 108 valence electrons. The van der Waals surface area contributed by atoms with Crippen LogP contribution in [0.5, 0.6) is 0 Å². The van der Waals surface area contributed by atoms with Crippen LogP contribution >= 0.6 is 0 Å². The van der Waals surface area contributed by atoms with Gasteiger partial charge in [-0.05, 0) is 25.9 Å². The zero-order valence-electron chi connectivity index (χ0n) is 11.5. The molecule has 0 aromatic carbocycles. The normalized spacial score (nSPS) is 23.6. The van der Waals surface area contributed by atoms with Gasteiger partial charge >= 0.3 is 0 Å². The predicted octanol–water partition coefficient (Wildman–Crippen LogP) is -0.649. The van der Waals surface area contributed by atoms with Crippen molar-refractivity contribution < 1.29 is 14.3 Å². The number of hydrogen-bond acceptors (Lipinski definition) is 4. The van der Waals surface area contributed by atoms with Crippen LogP contribution in [0.15, 0.2) is 0 Å². The van der Waals surface area contributed by atoms with E-state index in [4.69, 9.17) is 4.74 Å². The molecule has 2 amide bonds. The van der Waals surface area contributed by atoms with E-state index in [9.17, 15) is 9.59 Å². The molecule has 6 heteroatoms. The van der Waals surface area contributed by atoms with Gasteiger partial charge in [-0.1, -0.05) is 0 Å². The Bertz CT molecular complexity index is 335. The Kier molecular flexibility index (Phi) is 4.76. The molecule has 2 N–H and O–H groups in total. The second-order valence-corrected chi connectivity index (χ2v) is 5.36. The van der Waals surface area contributed by atoms with Crippen LogP contribution in [0.25, 0.3) is 0 Å². The summed E-state index contributed by atoms with van der Waals surface area (Å²) in [6, 6.07) is 0. The molecule has 0 radical (unpaired) electrons. The van der Waals surface area contributed by atoms with Gasteiger partial charge in [0.1, 0.15) is 0 Å². The second kappa shape index (κ2) is 6.34. The Labute approximate surface area is 113 Å². The average molecular weight is 269 g/mol. The number of nitrogens with one attached hydrogen (secondary N) is 2. The first-order valence-corrected chi connectivity index (χ1v) is 6.94. The number of methoxy groups -OCH3 is 1. The summed E-state index contributed by atoms with van der Waals surface area (Å²) in [6.45, 7) is 3.82. The molecule has 19 heavy (non-hydrogen) atoms. The molecule has 2 rings (SSSR count). The minimum Gasteiger partial charge on any atom is -0.384 e. The molecule has 0 aromatic rings. The van der Waals surface area contributed by atoms with Crippen LogP contribution in [-0.2, 0) is 14.3 Å². The maximum absolute atomic E-state index is 12.8. The molecule has 0 aliphatic carbocycles. The van der Waals surface area contributed by atoms with Gasteiger partial charge in [0.05, 0.1) is 12.0 Å². The number of ether oxygens (including phenoxy) is 1. The molecule has 0 saturated carbocycles. The third kappa shape index (κ3) is 3.25. The quantitative estimate of drug-likeness (QED) is 0.714. The summed E-state index contributed by atoms with van der Waals surface area (Å²) < 4.78 is 5.29. The molecule has 0 bridgehead atoms. The highest BCUT2D eigenvalue weighted by atomic mass is 16.5. The highest BCUT2D eigenvalue weighted by molar-refractivity contribution is 5.84. The van der Waals surface area contributed by atoms with Gasteiger partial charge in [-0.25, -0.2) is 0 Å². The van der Waals surface area contributed by atoms with Crippen molar-refractivity contribution in [2.75, 3.05) is 46.4 Å². The maximum Gasteiger partial charge on any atom is 0.231 e. The van der Waals surface area contributed by atoms with Gasteiger partial charge < -0.3 is 20.3 Å². The summed E-state index contributed by atoms with van der Waals surface area (Å²) in [6.07, 6.45) is 2.00. The molecule has 2 aliphatic heterocycles. The number of rotatable bonds is 3. The van der Waals surface area contributed by atoms with Crippen molar-refractivity contribution in [3.8, 4) is 0 Å². The molecular formula is C13H23N3O3. The van der Waals surface area contributed by atoms with E-state index in [0.29, 0.717) is 32.7 Å². The molecule has 0 spiro atoms. The van der Waals surface area contributed by atoms with Crippen LogP contribution in [-0.4, -0.2) is 63.2 Å². The van der Waals surface area contributed by atoms with E-state index in [1.54, 1.807) is 7.11 Å². The fourth-order valence-electron chi connectivity index (χ4n) is 2.91. The lowest BCUT2D eigenvalue weighted by Gasteiger charge is -2.39. The van der Waals surface area contributed by atoms with Gasteiger partial charge in [0, 0.05) is 33.2 Å². The minimum atomic E-state index is -0.409. The third-order valence-corrected chi connectivity index (χ3v) is 4.03. The van der Waals surface area contributed by atoms with E-state index in [-0.39, 0.29) is 11.8 Å². The molecule has 0 aromatic heterocycles. The van der Waals surface area contributed by atoms with E-state index in [0.717, 1.165) is 25.9 Å². The molecule has 2 heterocycles. The SMILES string of the molecule is COCC1(C(=O)N2CCNC(=O)CC2)CCNCC1. The number of amides is 2. The summed E-state index contributed by atoms with van der Waals surface area (Å²) in [7, 11) is 1.64. The summed E-state index contributed by atoms with van der Waals surface area (Å²) in [4.78, 5) is 26.0. The van der Waals surface area contributed by atoms with E-state index < -0.39 is 5.41 Å². The van der Waals surface area contributed by atoms with Gasteiger partial charge in [0.2, 0.25) is 11.8 Å². The standard InChI is InChI=1S/C13H23N3O3/c1-19-10-13(3-5-14-6-4-13)12(18)16-8-2-11(17)15-7-9-16/h14H,2-10H2,1H3,(H,15,17). The Morgan fingerprint density at radius 3 is 2.74 bits per heavy atom. The van der Waals surface area contributed by atoms with Crippen LogP contribution in [0.3, 0.4) is 0 Å². The fourth-order valence-corrected chi connectivity index (χ4v) is 2.91. The van der Waals surface area contributed by atoms with Gasteiger partial charge in [-0.3, -0.25) is 9.59 Å². The summed E-state index contributed by atoms with van der Waals surface area (Å²) in [5.41, 5.74) is -0.409. The first-order chi connectivity index (χ1) is 9.18. The molecule has 2 saturated heterocycles. The number of nitrogens with zero attached hydrogens (tertiary/aromatic N) is 1. The van der Waals surface area contributed by atoms with Crippen molar-refractivity contribution in [3.05, 3.63) is 0 Å². The zero-order valence-corrected chi connectivity index (χ0v) is 11.5. The Morgan fingerprint density at radius 2 is 2.05 bits per heavy atom. The maximum atomic E-state index is 12.8. The number of piperidine rings is 1. The lowest BCUT2D eigenvalue weighted by Crippen LogP contribution is -2.52. The third-order valence-electron chi connectivity index (χ3n) is 4.03. The molecular weight excluding hydrogens is 246 g/mol. The Hall–Kier alpha value is -1.14. The fraction of sp³-hybridized carbons (Fsp3) is 0.846. The van der Waals surface area contributed by atoms with Crippen molar-refractivity contribution in [2.24, 2.45) is 5.41 Å². The Morgan fingerprint density at radius 1 is 1.32 bits per heavy atom. The monoisotopic (exact) mass is 269 g/mol. The van der Waals surface area contributed by atoms with E-state index in [1.165, 1.54) is 0 Å². The van der Waals surface area contributed by atoms with E-state index in [2.05, 4.69) is 10.6 Å². The summed E-state index contributed by atoms with van der Waals surface area (Å²) in [5, 5.41) is 6.08. The number of carbonyl (C=O) groups is 2. The summed E-state index contributed by atoms with van der Waals surface area (Å²) >= 11 is 0. The molecule has 0 unspecified atom stereocenters. The first-order valence-electron chi connectivity index (χ1n) is 6.94. The molecule has 2 aliphatic rings. The molecule has 6 nitrogen and oxygen atoms in total. The van der Waals surface area contributed by atoms with Gasteiger partial charge in [-0.15, -0.1) is 0 Å². The van der Waals surface area contributed by atoms with Crippen LogP contribution in [0.1, 0.15) is 19.3 Å². The minimum absolute atomic E-state index is 0.0291. The zero-order chi connectivity index (χ0) is 13.7. The number of carbonyl (C=O) groups excluding carboxylic acids is 2. The van der Waals surface area contributed by atoms with E-state index >= 15 is 0 Å². The van der Waals surface area contributed by atoms with Crippen molar-refractivity contribution in [1.29, 1.82) is 0 Å². The lowest BCUT2D eigenvalue weighted by molar-refractivity contribution is -0.147. The van der Waals surface area contributed by atoms with Gasteiger partial charge in [0.25, 0.3) is 0 Å². The largest absolute Gasteiger partial charge is 0.384 e. The van der Waals surface area contributed by atoms with E-state index in [1.807, 2.05) is 4.90 Å². The first kappa shape index (κ1) is 14.3. The van der Waals surface area contributed by atoms with Crippen molar-refractivity contribution in [3.63, 3.8) is 0 Å². The van der Waals surface area contributed by atoms with Crippen molar-refractivity contribution in [2.45, 2.75) is 19.3 Å². The lowest BCUT2D eigenvalue weighted by atomic mass is 9.78. The van der Waals surface area contributed by atoms with Crippen molar-refractivity contribution in [1.82, 2.24) is 15.5 Å². The second-order valence-electron chi connectivity index (χ2n) is 5.36. The smallest absolute Gasteiger partial charge is 0.231 e. The van der Waals surface area contributed by atoms with Gasteiger partial charge in [-0.2, -0.15) is 0 Å². The van der Waals surface area contributed by atoms with Crippen molar-refractivity contribution >= 4 is 11.8 Å². The highest BCUT2D eigenvalue weighted by Crippen LogP contribution is 2.31. The number of hydrogen-bond donors (Lipinski definition) is 2. The summed E-state index contributed by atoms with van der Waals surface area (Å²) in [5.74, 6) is 0.175. The predicted molar refractivity (Wildman–Crippen MR) is 70.6 cm³/mol. The molecule has 2 fully saturated rings. The topological polar surface area (TPSA) is 70.7 Å². The van der Waals surface area contributed by atoms with Crippen LogP contribution in [0.4, 0.5) is 0 Å². The van der Waals surface area contributed by atoms with Crippen LogP contribution in [0.2, 0.25) is 0 Å². The highest BCUT2D eigenvalue weighted by Gasteiger charge is 2.42. The van der Waals surface area contributed by atoms with Crippen LogP contribution in [0, 0.1) is 5.41 Å². The van der Waals surface area contributed by atoms with Gasteiger partial charge in [0.15, 0.2) is 0 Å².